The van der Waals surface area contributed by atoms with Gasteiger partial charge in [-0.15, -0.1) is 0 Å². The molecule has 30 heavy (non-hydrogen) atoms. The minimum Gasteiger partial charge on any atom is -0.490 e. The van der Waals surface area contributed by atoms with E-state index in [-0.39, 0.29) is 24.0 Å². The van der Waals surface area contributed by atoms with Crippen molar-refractivity contribution in [3.05, 3.63) is 22.7 Å². The highest BCUT2D eigenvalue weighted by Crippen LogP contribution is 2.50. The van der Waals surface area contributed by atoms with Gasteiger partial charge in [0.1, 0.15) is 17.5 Å². The van der Waals surface area contributed by atoms with Crippen LogP contribution in [0.1, 0.15) is 77.7 Å². The van der Waals surface area contributed by atoms with Crippen LogP contribution in [0, 0.1) is 5.92 Å². The maximum absolute atomic E-state index is 12.4. The Labute approximate surface area is 183 Å². The first-order valence-electron chi connectivity index (χ1n) is 11.0. The topological polar surface area (TPSA) is 76.7 Å². The number of esters is 1. The second-order valence-electron chi connectivity index (χ2n) is 9.46. The molecule has 1 heterocycles. The molecule has 164 valence electrons. The molecule has 0 bridgehead atoms. The van der Waals surface area contributed by atoms with Crippen molar-refractivity contribution in [1.29, 1.82) is 0 Å². The summed E-state index contributed by atoms with van der Waals surface area (Å²) < 4.78 is 12.0. The highest BCUT2D eigenvalue weighted by atomic mass is 35.5. The van der Waals surface area contributed by atoms with Crippen molar-refractivity contribution in [3.63, 3.8) is 0 Å². The molecule has 7 heteroatoms. The summed E-state index contributed by atoms with van der Waals surface area (Å²) in [5.41, 5.74) is 0.728. The van der Waals surface area contributed by atoms with Crippen LogP contribution >= 0.6 is 11.6 Å². The summed E-state index contributed by atoms with van der Waals surface area (Å²) in [7, 11) is 0. The molecule has 2 aliphatic carbocycles. The number of halogens is 1. The molecule has 2 amide bonds. The third-order valence-electron chi connectivity index (χ3n) is 6.84. The van der Waals surface area contributed by atoms with Gasteiger partial charge in [-0.2, -0.15) is 0 Å². The number of carbonyl (C=O) groups is 2. The minimum absolute atomic E-state index is 0.0455. The van der Waals surface area contributed by atoms with Crippen LogP contribution in [-0.2, 0) is 15.1 Å². The van der Waals surface area contributed by atoms with Gasteiger partial charge in [-0.1, -0.05) is 37.8 Å². The Hall–Kier alpha value is -1.95. The predicted octanol–water partition coefficient (Wildman–Crippen LogP) is 5.52. The Bertz CT molecular complexity index is 842. The third kappa shape index (κ3) is 3.98. The number of anilines is 1. The number of fused-ring (bicyclic) bond motifs is 2. The molecule has 1 aromatic rings. The Morgan fingerprint density at radius 2 is 1.93 bits per heavy atom. The zero-order chi connectivity index (χ0) is 21.5. The van der Waals surface area contributed by atoms with Gasteiger partial charge in [-0.3, -0.25) is 4.79 Å². The maximum Gasteiger partial charge on any atom is 0.319 e. The van der Waals surface area contributed by atoms with Crippen molar-refractivity contribution in [2.24, 2.45) is 5.92 Å². The molecule has 1 spiro atoms. The van der Waals surface area contributed by atoms with E-state index in [1.807, 2.05) is 26.8 Å². The average molecular weight is 435 g/mol. The second kappa shape index (κ2) is 7.95. The van der Waals surface area contributed by atoms with Gasteiger partial charge in [0, 0.05) is 5.56 Å². The smallest absolute Gasteiger partial charge is 0.319 e. The van der Waals surface area contributed by atoms with E-state index in [4.69, 9.17) is 21.1 Å². The molecule has 0 saturated heterocycles. The van der Waals surface area contributed by atoms with E-state index in [1.165, 1.54) is 0 Å². The zero-order valence-corrected chi connectivity index (χ0v) is 18.7. The fraction of sp³-hybridized carbons (Fsp3) is 0.652. The van der Waals surface area contributed by atoms with E-state index >= 15 is 0 Å². The van der Waals surface area contributed by atoms with E-state index in [1.54, 1.807) is 6.07 Å². The number of amides is 2. The van der Waals surface area contributed by atoms with Crippen molar-refractivity contribution < 1.29 is 19.1 Å². The highest BCUT2D eigenvalue weighted by Gasteiger charge is 2.45. The molecule has 2 fully saturated rings. The van der Waals surface area contributed by atoms with Gasteiger partial charge in [-0.25, -0.2) is 4.79 Å². The van der Waals surface area contributed by atoms with Crippen molar-refractivity contribution in [3.8, 4) is 5.75 Å². The van der Waals surface area contributed by atoms with Gasteiger partial charge >= 0.3 is 12.0 Å². The first-order valence-corrected chi connectivity index (χ1v) is 11.4. The third-order valence-corrected chi connectivity index (χ3v) is 7.16. The molecule has 0 atom stereocenters. The number of carbonyl (C=O) groups excluding carboxylic acids is 2. The van der Waals surface area contributed by atoms with Gasteiger partial charge in [0.05, 0.1) is 22.2 Å². The summed E-state index contributed by atoms with van der Waals surface area (Å²) >= 11 is 6.45. The number of nitrogens with one attached hydrogen (secondary N) is 2. The summed E-state index contributed by atoms with van der Waals surface area (Å²) in [6.45, 7) is 5.88. The van der Waals surface area contributed by atoms with Crippen LogP contribution in [0.25, 0.3) is 0 Å². The Morgan fingerprint density at radius 1 is 1.23 bits per heavy atom. The minimum atomic E-state index is -0.441. The van der Waals surface area contributed by atoms with E-state index in [2.05, 4.69) is 10.6 Å². The van der Waals surface area contributed by atoms with Crippen molar-refractivity contribution in [2.75, 3.05) is 5.32 Å². The van der Waals surface area contributed by atoms with Crippen molar-refractivity contribution in [2.45, 2.75) is 89.4 Å². The molecule has 3 aliphatic rings. The molecular formula is C23H31ClN2O4. The van der Waals surface area contributed by atoms with Gasteiger partial charge < -0.3 is 20.1 Å². The standard InChI is InChI=1S/C23H31ClN2O4/c1-4-22(2,3)30-20(27)14-12-15(13-14)29-17-9-8-16(24)19-18(17)23(26-21(28)25-19)10-6-5-7-11-23/h8-9,14-15H,4-7,10-13H2,1-3H3,(H2,25,26,28). The van der Waals surface area contributed by atoms with Crippen molar-refractivity contribution in [1.82, 2.24) is 5.32 Å². The molecule has 0 radical (unpaired) electrons. The summed E-state index contributed by atoms with van der Waals surface area (Å²) in [5.74, 6) is 0.484. The van der Waals surface area contributed by atoms with Crippen LogP contribution in [0.2, 0.25) is 5.02 Å². The molecule has 4 rings (SSSR count). The average Bonchev–Trinajstić information content (AvgIpc) is 2.66. The monoisotopic (exact) mass is 434 g/mol. The fourth-order valence-electron chi connectivity index (χ4n) is 4.67. The number of rotatable bonds is 5. The van der Waals surface area contributed by atoms with E-state index in [0.717, 1.165) is 49.8 Å². The molecule has 1 aromatic carbocycles. The van der Waals surface area contributed by atoms with Crippen LogP contribution < -0.4 is 15.4 Å². The van der Waals surface area contributed by atoms with E-state index < -0.39 is 11.1 Å². The summed E-state index contributed by atoms with van der Waals surface area (Å²) in [6.07, 6.45) is 7.03. The van der Waals surface area contributed by atoms with E-state index in [0.29, 0.717) is 23.6 Å². The fourth-order valence-corrected chi connectivity index (χ4v) is 4.88. The Balaban J connectivity index is 1.51. The quantitative estimate of drug-likeness (QED) is 0.598. The predicted molar refractivity (Wildman–Crippen MR) is 116 cm³/mol. The largest absolute Gasteiger partial charge is 0.490 e. The van der Waals surface area contributed by atoms with Gasteiger partial charge in [0.25, 0.3) is 0 Å². The number of ether oxygens (including phenoxy) is 2. The number of urea groups is 1. The van der Waals surface area contributed by atoms with Crippen LogP contribution in [0.3, 0.4) is 0 Å². The van der Waals surface area contributed by atoms with Gasteiger partial charge in [0.2, 0.25) is 0 Å². The van der Waals surface area contributed by atoms with Crippen LogP contribution in [0.5, 0.6) is 5.75 Å². The SMILES string of the molecule is CCC(C)(C)OC(=O)C1CC(Oc2ccc(Cl)c3c2C2(CCCCC2)NC(=O)N3)C1. The Morgan fingerprint density at radius 3 is 2.60 bits per heavy atom. The lowest BCUT2D eigenvalue weighted by atomic mass is 9.74. The molecule has 2 N–H and O–H groups in total. The molecule has 6 nitrogen and oxygen atoms in total. The molecule has 0 unspecified atom stereocenters. The summed E-state index contributed by atoms with van der Waals surface area (Å²) in [6, 6.07) is 3.45. The normalized spacial score (nSPS) is 24.9. The highest BCUT2D eigenvalue weighted by molar-refractivity contribution is 6.34. The number of benzene rings is 1. The summed E-state index contributed by atoms with van der Waals surface area (Å²) in [4.78, 5) is 24.7. The molecular weight excluding hydrogens is 404 g/mol. The van der Waals surface area contributed by atoms with Gasteiger partial charge in [-0.05, 0) is 58.1 Å². The van der Waals surface area contributed by atoms with Crippen LogP contribution in [-0.4, -0.2) is 23.7 Å². The van der Waals surface area contributed by atoms with Crippen LogP contribution in [0.4, 0.5) is 10.5 Å². The lowest BCUT2D eigenvalue weighted by Gasteiger charge is -2.44. The first-order chi connectivity index (χ1) is 14.2. The molecule has 1 aliphatic heterocycles. The summed E-state index contributed by atoms with van der Waals surface area (Å²) in [5, 5.41) is 6.56. The first kappa shape index (κ1) is 21.3. The van der Waals surface area contributed by atoms with Gasteiger partial charge in [0.15, 0.2) is 0 Å². The van der Waals surface area contributed by atoms with E-state index in [9.17, 15) is 9.59 Å². The lowest BCUT2D eigenvalue weighted by Crippen LogP contribution is -2.53. The lowest BCUT2D eigenvalue weighted by molar-refractivity contribution is -0.168. The Kier molecular flexibility index (Phi) is 5.64. The molecule has 2 saturated carbocycles. The molecule has 0 aromatic heterocycles. The van der Waals surface area contributed by atoms with Crippen LogP contribution in [0.15, 0.2) is 12.1 Å². The van der Waals surface area contributed by atoms with Crippen molar-refractivity contribution >= 4 is 29.3 Å². The number of hydrogen-bond donors (Lipinski definition) is 2. The zero-order valence-electron chi connectivity index (χ0n) is 18.0. The number of hydrogen-bond acceptors (Lipinski definition) is 4. The second-order valence-corrected chi connectivity index (χ2v) is 9.87. The maximum atomic E-state index is 12.4.